The summed E-state index contributed by atoms with van der Waals surface area (Å²) in [5.41, 5.74) is 0. The van der Waals surface area contributed by atoms with Crippen LogP contribution in [0.5, 0.6) is 0 Å². The minimum absolute atomic E-state index is 0.397. The zero-order valence-corrected chi connectivity index (χ0v) is 7.01. The van der Waals surface area contributed by atoms with E-state index in [9.17, 15) is 4.79 Å². The van der Waals surface area contributed by atoms with Crippen molar-refractivity contribution >= 4 is 12.3 Å². The van der Waals surface area contributed by atoms with Crippen LogP contribution in [0.15, 0.2) is 17.4 Å². The first-order chi connectivity index (χ1) is 6.34. The Labute approximate surface area is 76.1 Å². The Morgan fingerprint density at radius 1 is 1.77 bits per heavy atom. The molecule has 5 heteroatoms. The van der Waals surface area contributed by atoms with E-state index in [0.29, 0.717) is 19.6 Å². The lowest BCUT2D eigenvalue weighted by Gasteiger charge is -2.01. The number of rotatable bonds is 3. The maximum Gasteiger partial charge on any atom is 0.430 e. The van der Waals surface area contributed by atoms with Crippen molar-refractivity contribution in [2.45, 2.75) is 6.42 Å². The normalized spacial score (nSPS) is 16.8. The van der Waals surface area contributed by atoms with Crippen LogP contribution in [-0.2, 0) is 4.74 Å². The fourth-order valence-corrected chi connectivity index (χ4v) is 0.810. The summed E-state index contributed by atoms with van der Waals surface area (Å²) in [7, 11) is 0. The molecule has 1 aliphatic heterocycles. The van der Waals surface area contributed by atoms with E-state index in [1.54, 1.807) is 12.3 Å². The van der Waals surface area contributed by atoms with Crippen molar-refractivity contribution in [3.05, 3.63) is 23.7 Å². The molecule has 0 saturated carbocycles. The lowest BCUT2D eigenvalue weighted by Crippen LogP contribution is -2.17. The molecule has 1 heterocycles. The van der Waals surface area contributed by atoms with Crippen molar-refractivity contribution < 1.29 is 9.53 Å². The summed E-state index contributed by atoms with van der Waals surface area (Å²) in [5.74, 6) is 0. The largest absolute Gasteiger partial charge is 0.446 e. The number of allylic oxidation sites excluding steroid dienone is 1. The van der Waals surface area contributed by atoms with Crippen LogP contribution in [-0.4, -0.2) is 30.5 Å². The van der Waals surface area contributed by atoms with Crippen LogP contribution in [0.4, 0.5) is 4.79 Å². The molecule has 13 heavy (non-hydrogen) atoms. The summed E-state index contributed by atoms with van der Waals surface area (Å²) in [6, 6.07) is 0. The summed E-state index contributed by atoms with van der Waals surface area (Å²) < 4.78 is 4.65. The van der Waals surface area contributed by atoms with Crippen molar-refractivity contribution in [3.63, 3.8) is 0 Å². The van der Waals surface area contributed by atoms with Crippen LogP contribution in [0.2, 0.25) is 0 Å². The quantitative estimate of drug-likeness (QED) is 0.483. The van der Waals surface area contributed by atoms with Gasteiger partial charge in [0.2, 0.25) is 0 Å². The number of ether oxygens (including phenoxy) is 1. The summed E-state index contributed by atoms with van der Waals surface area (Å²) in [6.45, 7) is 7.34. The first-order valence-electron chi connectivity index (χ1n) is 3.83. The van der Waals surface area contributed by atoms with E-state index in [2.05, 4.69) is 14.7 Å². The van der Waals surface area contributed by atoms with E-state index in [-0.39, 0.29) is 0 Å². The first kappa shape index (κ1) is 9.26. The van der Waals surface area contributed by atoms with E-state index in [1.807, 2.05) is 0 Å². The fourth-order valence-electron chi connectivity index (χ4n) is 0.810. The molecule has 68 valence electrons. The Kier molecular flexibility index (Phi) is 3.51. The minimum Gasteiger partial charge on any atom is -0.446 e. The predicted octanol–water partition coefficient (Wildman–Crippen LogP) is 1.25. The highest BCUT2D eigenvalue weighted by Crippen LogP contribution is 2.02. The molecule has 0 spiro atoms. The Bertz CT molecular complexity index is 278. The molecule has 1 saturated heterocycles. The molecule has 1 fully saturated rings. The van der Waals surface area contributed by atoms with Crippen molar-refractivity contribution in [1.82, 2.24) is 5.01 Å². The molecule has 0 radical (unpaired) electrons. The van der Waals surface area contributed by atoms with E-state index >= 15 is 0 Å². The van der Waals surface area contributed by atoms with Crippen LogP contribution < -0.4 is 0 Å². The SMILES string of the molecule is [C-]#[N+]C=CC/C=N/N1CCOC1=O. The molecular weight excluding hydrogens is 170 g/mol. The van der Waals surface area contributed by atoms with E-state index in [4.69, 9.17) is 6.57 Å². The average molecular weight is 179 g/mol. The van der Waals surface area contributed by atoms with Gasteiger partial charge in [-0.15, -0.1) is 0 Å². The monoisotopic (exact) mass is 179 g/mol. The van der Waals surface area contributed by atoms with Gasteiger partial charge < -0.3 is 4.74 Å². The highest BCUT2D eigenvalue weighted by molar-refractivity contribution is 5.71. The number of cyclic esters (lactones) is 1. The molecule has 0 aromatic heterocycles. The summed E-state index contributed by atoms with van der Waals surface area (Å²) in [4.78, 5) is 13.8. The molecule has 0 bridgehead atoms. The van der Waals surface area contributed by atoms with Crippen LogP contribution >= 0.6 is 0 Å². The zero-order valence-electron chi connectivity index (χ0n) is 7.01. The number of hydrogen-bond acceptors (Lipinski definition) is 3. The first-order valence-corrected chi connectivity index (χ1v) is 3.83. The molecule has 0 unspecified atom stereocenters. The van der Waals surface area contributed by atoms with Crippen molar-refractivity contribution in [1.29, 1.82) is 0 Å². The van der Waals surface area contributed by atoms with Gasteiger partial charge in [-0.05, 0) is 6.42 Å². The molecule has 5 nitrogen and oxygen atoms in total. The smallest absolute Gasteiger partial charge is 0.430 e. The maximum absolute atomic E-state index is 10.8. The average Bonchev–Trinajstić information content (AvgIpc) is 2.52. The molecule has 0 atom stereocenters. The van der Waals surface area contributed by atoms with Gasteiger partial charge in [-0.25, -0.2) is 9.64 Å². The molecule has 0 N–H and O–H groups in total. The van der Waals surface area contributed by atoms with Gasteiger partial charge >= 0.3 is 6.09 Å². The van der Waals surface area contributed by atoms with Gasteiger partial charge in [0.1, 0.15) is 6.61 Å². The van der Waals surface area contributed by atoms with E-state index < -0.39 is 6.09 Å². The van der Waals surface area contributed by atoms with Crippen LogP contribution in [0.1, 0.15) is 6.42 Å². The highest BCUT2D eigenvalue weighted by Gasteiger charge is 2.20. The molecule has 1 aliphatic rings. The molecule has 1 rings (SSSR count). The fraction of sp³-hybridized carbons (Fsp3) is 0.375. The van der Waals surface area contributed by atoms with Crippen LogP contribution in [0.25, 0.3) is 4.85 Å². The van der Waals surface area contributed by atoms with Crippen molar-refractivity contribution in [2.24, 2.45) is 5.10 Å². The lowest BCUT2D eigenvalue weighted by molar-refractivity contribution is 0.159. The standard InChI is InChI=1S/C8H9N3O2/c1-9-4-2-3-5-10-11-6-7-13-8(11)12/h2,4-5H,3,6-7H2/b4-2?,10-5+. The Balaban J connectivity index is 2.28. The topological polar surface area (TPSA) is 46.3 Å². The maximum atomic E-state index is 10.8. The van der Waals surface area contributed by atoms with Gasteiger partial charge in [-0.1, -0.05) is 6.08 Å². The molecular formula is C8H9N3O2. The lowest BCUT2D eigenvalue weighted by atomic mass is 10.4. The number of carbonyl (C=O) groups excluding carboxylic acids is 1. The van der Waals surface area contributed by atoms with Gasteiger partial charge in [0.05, 0.1) is 13.1 Å². The number of nitrogens with zero attached hydrogens (tertiary/aromatic N) is 3. The van der Waals surface area contributed by atoms with Gasteiger partial charge in [-0.3, -0.25) is 0 Å². The van der Waals surface area contributed by atoms with Gasteiger partial charge in [0.25, 0.3) is 0 Å². The Morgan fingerprint density at radius 2 is 2.62 bits per heavy atom. The summed E-state index contributed by atoms with van der Waals surface area (Å²) in [6.07, 6.45) is 4.72. The van der Waals surface area contributed by atoms with Gasteiger partial charge in [0, 0.05) is 6.21 Å². The number of hydrazone groups is 1. The minimum atomic E-state index is -0.412. The van der Waals surface area contributed by atoms with Crippen LogP contribution in [0, 0.1) is 6.57 Å². The van der Waals surface area contributed by atoms with Crippen LogP contribution in [0.3, 0.4) is 0 Å². The molecule has 0 aromatic carbocycles. The molecule has 0 aromatic rings. The molecule has 0 aliphatic carbocycles. The van der Waals surface area contributed by atoms with Crippen molar-refractivity contribution in [2.75, 3.05) is 13.2 Å². The number of hydrogen-bond donors (Lipinski definition) is 0. The van der Waals surface area contributed by atoms with Gasteiger partial charge in [-0.2, -0.15) is 10.1 Å². The summed E-state index contributed by atoms with van der Waals surface area (Å²) in [5, 5.41) is 5.11. The predicted molar refractivity (Wildman–Crippen MR) is 46.9 cm³/mol. The third kappa shape index (κ3) is 2.95. The van der Waals surface area contributed by atoms with Crippen molar-refractivity contribution in [3.8, 4) is 0 Å². The number of amides is 1. The van der Waals surface area contributed by atoms with Gasteiger partial charge in [0.15, 0.2) is 6.20 Å². The molecule has 1 amide bonds. The van der Waals surface area contributed by atoms with E-state index in [1.165, 1.54) is 11.2 Å². The third-order valence-corrected chi connectivity index (χ3v) is 1.38. The Hall–Kier alpha value is -1.83. The highest BCUT2D eigenvalue weighted by atomic mass is 16.6. The second-order valence-corrected chi connectivity index (χ2v) is 2.29. The number of carbonyl (C=O) groups is 1. The van der Waals surface area contributed by atoms with E-state index in [0.717, 1.165) is 0 Å². The summed E-state index contributed by atoms with van der Waals surface area (Å²) >= 11 is 0. The second-order valence-electron chi connectivity index (χ2n) is 2.29. The Morgan fingerprint density at radius 3 is 3.23 bits per heavy atom. The second kappa shape index (κ2) is 4.93. The zero-order chi connectivity index (χ0) is 9.52. The third-order valence-electron chi connectivity index (χ3n) is 1.38.